The second-order valence-electron chi connectivity index (χ2n) is 5.89. The van der Waals surface area contributed by atoms with Gasteiger partial charge in [0.1, 0.15) is 12.0 Å². The van der Waals surface area contributed by atoms with Gasteiger partial charge >= 0.3 is 5.97 Å². The molecule has 0 bridgehead atoms. The molecule has 0 spiro atoms. The molecule has 0 aliphatic heterocycles. The van der Waals surface area contributed by atoms with Gasteiger partial charge in [0.25, 0.3) is 0 Å². The van der Waals surface area contributed by atoms with Crippen LogP contribution in [0.3, 0.4) is 0 Å². The molecule has 6 nitrogen and oxygen atoms in total. The Morgan fingerprint density at radius 3 is 2.79 bits per heavy atom. The van der Waals surface area contributed by atoms with Crippen LogP contribution in [0.15, 0.2) is 42.5 Å². The third-order valence-corrected chi connectivity index (χ3v) is 4.23. The highest BCUT2D eigenvalue weighted by molar-refractivity contribution is 5.84. The van der Waals surface area contributed by atoms with Gasteiger partial charge in [-0.3, -0.25) is 0 Å². The average molecular weight is 328 g/mol. The van der Waals surface area contributed by atoms with Crippen molar-refractivity contribution in [3.05, 3.63) is 53.7 Å². The minimum absolute atomic E-state index is 0.270. The molecule has 1 aromatic heterocycles. The lowest BCUT2D eigenvalue weighted by Crippen LogP contribution is -2.10. The van der Waals surface area contributed by atoms with Crippen molar-refractivity contribution in [1.82, 2.24) is 9.78 Å². The van der Waals surface area contributed by atoms with E-state index in [0.29, 0.717) is 11.7 Å². The first kappa shape index (κ1) is 16.1. The molecule has 1 aliphatic rings. The van der Waals surface area contributed by atoms with E-state index in [1.165, 1.54) is 26.4 Å². The van der Waals surface area contributed by atoms with Crippen LogP contribution in [0.1, 0.15) is 36.4 Å². The van der Waals surface area contributed by atoms with Crippen LogP contribution in [0.5, 0.6) is 5.75 Å². The number of ether oxygens (including phenoxy) is 2. The fourth-order valence-electron chi connectivity index (χ4n) is 2.59. The molecule has 6 heteroatoms. The van der Waals surface area contributed by atoms with Crippen LogP contribution in [-0.4, -0.2) is 28.0 Å². The minimum atomic E-state index is -1.19. The van der Waals surface area contributed by atoms with Gasteiger partial charge in [0, 0.05) is 18.2 Å². The van der Waals surface area contributed by atoms with E-state index in [2.05, 4.69) is 5.10 Å². The average Bonchev–Trinajstić information content (AvgIpc) is 2.96. The van der Waals surface area contributed by atoms with Crippen LogP contribution in [-0.2, 0) is 9.53 Å². The van der Waals surface area contributed by atoms with Gasteiger partial charge in [0.2, 0.25) is 5.76 Å². The highest BCUT2D eigenvalue weighted by Crippen LogP contribution is 2.35. The Labute approximate surface area is 140 Å². The Morgan fingerprint density at radius 2 is 2.17 bits per heavy atom. The molecule has 0 radical (unpaired) electrons. The van der Waals surface area contributed by atoms with Gasteiger partial charge in [0.15, 0.2) is 0 Å². The summed E-state index contributed by atoms with van der Waals surface area (Å²) >= 11 is 0. The van der Waals surface area contributed by atoms with E-state index in [9.17, 15) is 4.79 Å². The maximum atomic E-state index is 11.2. The first-order chi connectivity index (χ1) is 11.6. The lowest BCUT2D eigenvalue weighted by molar-refractivity contribution is -0.135. The molecule has 1 heterocycles. The van der Waals surface area contributed by atoms with Crippen molar-refractivity contribution < 1.29 is 19.4 Å². The molecule has 0 amide bonds. The Kier molecular flexibility index (Phi) is 4.55. The fourth-order valence-corrected chi connectivity index (χ4v) is 2.59. The summed E-state index contributed by atoms with van der Waals surface area (Å²) in [7, 11) is 1.38. The predicted molar refractivity (Wildman–Crippen MR) is 88.2 cm³/mol. The van der Waals surface area contributed by atoms with E-state index in [4.69, 9.17) is 14.6 Å². The molecule has 3 rings (SSSR count). The third-order valence-electron chi connectivity index (χ3n) is 4.23. The molecule has 126 valence electrons. The first-order valence-corrected chi connectivity index (χ1v) is 7.89. The van der Waals surface area contributed by atoms with Gasteiger partial charge in [-0.2, -0.15) is 5.10 Å². The van der Waals surface area contributed by atoms with Crippen molar-refractivity contribution in [2.45, 2.75) is 32.1 Å². The summed E-state index contributed by atoms with van der Waals surface area (Å²) in [5, 5.41) is 13.8. The molecule has 1 fully saturated rings. The summed E-state index contributed by atoms with van der Waals surface area (Å²) in [4.78, 5) is 11.2. The SMILES string of the molecule is CO/C=C(\Oc1cc(-n2ccc(C3CCC3)n2)ccc1C)C(=O)O. The van der Waals surface area contributed by atoms with E-state index in [-0.39, 0.29) is 5.76 Å². The van der Waals surface area contributed by atoms with Gasteiger partial charge in [-0.25, -0.2) is 9.48 Å². The molecule has 1 saturated carbocycles. The van der Waals surface area contributed by atoms with Gasteiger partial charge in [0.05, 0.1) is 18.5 Å². The van der Waals surface area contributed by atoms with Gasteiger partial charge < -0.3 is 14.6 Å². The lowest BCUT2D eigenvalue weighted by atomic mass is 9.83. The number of carbonyl (C=O) groups is 1. The number of rotatable bonds is 6. The molecular weight excluding hydrogens is 308 g/mol. The molecule has 0 unspecified atom stereocenters. The molecule has 0 saturated heterocycles. The summed E-state index contributed by atoms with van der Waals surface area (Å²) in [6, 6.07) is 7.62. The monoisotopic (exact) mass is 328 g/mol. The van der Waals surface area contributed by atoms with Crippen molar-refractivity contribution in [2.24, 2.45) is 0 Å². The molecule has 1 aromatic carbocycles. The predicted octanol–water partition coefficient (Wildman–Crippen LogP) is 3.40. The maximum absolute atomic E-state index is 11.2. The van der Waals surface area contributed by atoms with Gasteiger partial charge in [-0.1, -0.05) is 12.5 Å². The summed E-state index contributed by atoms with van der Waals surface area (Å²) in [6.07, 6.45) is 6.65. The van der Waals surface area contributed by atoms with E-state index in [0.717, 1.165) is 23.2 Å². The van der Waals surface area contributed by atoms with Crippen molar-refractivity contribution in [3.8, 4) is 11.4 Å². The molecule has 24 heavy (non-hydrogen) atoms. The number of benzene rings is 1. The molecule has 2 aromatic rings. The van der Waals surface area contributed by atoms with Crippen LogP contribution in [0.2, 0.25) is 0 Å². The number of aryl methyl sites for hydroxylation is 1. The highest BCUT2D eigenvalue weighted by Gasteiger charge is 2.22. The van der Waals surface area contributed by atoms with E-state index in [1.807, 2.05) is 31.3 Å². The zero-order chi connectivity index (χ0) is 17.1. The van der Waals surface area contributed by atoms with E-state index in [1.54, 1.807) is 10.7 Å². The third kappa shape index (κ3) is 3.27. The van der Waals surface area contributed by atoms with Crippen molar-refractivity contribution in [2.75, 3.05) is 7.11 Å². The Bertz CT molecular complexity index is 775. The second kappa shape index (κ2) is 6.78. The van der Waals surface area contributed by atoms with Crippen molar-refractivity contribution in [3.63, 3.8) is 0 Å². The highest BCUT2D eigenvalue weighted by atomic mass is 16.5. The molecular formula is C18H20N2O4. The first-order valence-electron chi connectivity index (χ1n) is 7.89. The second-order valence-corrected chi connectivity index (χ2v) is 5.89. The number of hydrogen-bond acceptors (Lipinski definition) is 4. The van der Waals surface area contributed by atoms with Crippen LogP contribution in [0, 0.1) is 6.92 Å². The smallest absolute Gasteiger partial charge is 0.375 e. The number of aliphatic carboxylic acids is 1. The maximum Gasteiger partial charge on any atom is 0.375 e. The molecule has 1 aliphatic carbocycles. The Balaban J connectivity index is 1.86. The summed E-state index contributed by atoms with van der Waals surface area (Å²) < 4.78 is 12.0. The van der Waals surface area contributed by atoms with E-state index < -0.39 is 5.97 Å². The van der Waals surface area contributed by atoms with E-state index >= 15 is 0 Å². The largest absolute Gasteiger partial charge is 0.500 e. The van der Waals surface area contributed by atoms with Gasteiger partial charge in [-0.15, -0.1) is 0 Å². The number of carboxylic acids is 1. The van der Waals surface area contributed by atoms with Crippen LogP contribution in [0.4, 0.5) is 0 Å². The van der Waals surface area contributed by atoms with Crippen LogP contribution >= 0.6 is 0 Å². The van der Waals surface area contributed by atoms with Crippen LogP contribution < -0.4 is 4.74 Å². The fraction of sp³-hybridized carbons (Fsp3) is 0.333. The number of aromatic nitrogens is 2. The number of hydrogen-bond donors (Lipinski definition) is 1. The quantitative estimate of drug-likeness (QED) is 0.650. The Hall–Kier alpha value is -2.76. The summed E-state index contributed by atoms with van der Waals surface area (Å²) in [5.41, 5.74) is 2.76. The molecule has 1 N–H and O–H groups in total. The number of carboxylic acid groups (broad SMARTS) is 1. The zero-order valence-corrected chi connectivity index (χ0v) is 13.7. The molecule has 0 atom stereocenters. The van der Waals surface area contributed by atoms with Crippen LogP contribution in [0.25, 0.3) is 5.69 Å². The number of methoxy groups -OCH3 is 1. The Morgan fingerprint density at radius 1 is 1.38 bits per heavy atom. The minimum Gasteiger partial charge on any atom is -0.500 e. The normalized spacial score (nSPS) is 15.0. The summed E-state index contributed by atoms with van der Waals surface area (Å²) in [6.45, 7) is 1.86. The van der Waals surface area contributed by atoms with Crippen molar-refractivity contribution in [1.29, 1.82) is 0 Å². The topological polar surface area (TPSA) is 73.6 Å². The van der Waals surface area contributed by atoms with Crippen molar-refractivity contribution >= 4 is 5.97 Å². The lowest BCUT2D eigenvalue weighted by Gasteiger charge is -2.22. The van der Waals surface area contributed by atoms with Gasteiger partial charge in [-0.05, 0) is 37.5 Å². The zero-order valence-electron chi connectivity index (χ0n) is 13.7. The number of nitrogens with zero attached hydrogens (tertiary/aromatic N) is 2. The summed E-state index contributed by atoms with van der Waals surface area (Å²) in [5.74, 6) is -0.434. The standard InChI is InChI=1S/C18H20N2O4/c1-12-6-7-14(10-16(12)24-17(11-23-2)18(21)22)20-9-8-15(19-20)13-4-3-5-13/h6-11,13H,3-5H2,1-2H3,(H,21,22)/b17-11-.